The molecule has 1 heterocycles. The molecule has 0 fully saturated rings. The second-order valence-corrected chi connectivity index (χ2v) is 4.62. The number of rotatable bonds is 7. The van der Waals surface area contributed by atoms with Crippen molar-refractivity contribution >= 4 is 11.6 Å². The highest BCUT2D eigenvalue weighted by molar-refractivity contribution is 6.31. The van der Waals surface area contributed by atoms with E-state index in [-0.39, 0.29) is 0 Å². The van der Waals surface area contributed by atoms with Gasteiger partial charge in [0.25, 0.3) is 0 Å². The van der Waals surface area contributed by atoms with Crippen LogP contribution in [-0.4, -0.2) is 13.2 Å². The first-order valence-electron chi connectivity index (χ1n) is 6.44. The molecule has 1 N–H and O–H groups in total. The van der Waals surface area contributed by atoms with Gasteiger partial charge in [-0.05, 0) is 42.3 Å². The van der Waals surface area contributed by atoms with E-state index < -0.39 is 0 Å². The van der Waals surface area contributed by atoms with Crippen LogP contribution in [-0.2, 0) is 13.0 Å². The fourth-order valence-electron chi connectivity index (χ4n) is 1.78. The molecule has 4 heteroatoms. The summed E-state index contributed by atoms with van der Waals surface area (Å²) in [5, 5.41) is 4.05. The fraction of sp³-hybridized carbons (Fsp3) is 0.333. The molecule has 19 heavy (non-hydrogen) atoms. The number of halogens is 1. The Bertz CT molecular complexity index is 497. The average Bonchev–Trinajstić information content (AvgIpc) is 2.93. The van der Waals surface area contributed by atoms with Gasteiger partial charge in [0.15, 0.2) is 0 Å². The quantitative estimate of drug-likeness (QED) is 0.786. The number of aryl methyl sites for hydroxylation is 1. The lowest BCUT2D eigenvalue weighted by Crippen LogP contribution is -2.20. The molecule has 2 aromatic rings. The van der Waals surface area contributed by atoms with Crippen molar-refractivity contribution in [1.82, 2.24) is 5.32 Å². The molecule has 0 unspecified atom stereocenters. The third-order valence-electron chi connectivity index (χ3n) is 2.82. The van der Waals surface area contributed by atoms with Crippen LogP contribution in [0.4, 0.5) is 0 Å². The zero-order valence-electron chi connectivity index (χ0n) is 11.0. The van der Waals surface area contributed by atoms with Gasteiger partial charge in [-0.3, -0.25) is 0 Å². The normalized spacial score (nSPS) is 10.6. The molecular weight excluding hydrogens is 262 g/mol. The largest absolute Gasteiger partial charge is 0.492 e. The molecule has 0 aliphatic heterocycles. The van der Waals surface area contributed by atoms with Crippen LogP contribution in [0.3, 0.4) is 0 Å². The Kier molecular flexibility index (Phi) is 5.31. The average molecular weight is 280 g/mol. The van der Waals surface area contributed by atoms with Gasteiger partial charge >= 0.3 is 0 Å². The predicted molar refractivity (Wildman–Crippen MR) is 76.7 cm³/mol. The van der Waals surface area contributed by atoms with Gasteiger partial charge in [0.05, 0.1) is 12.8 Å². The minimum absolute atomic E-state index is 0.617. The number of nitrogens with one attached hydrogen (secondary N) is 1. The maximum Gasteiger partial charge on any atom is 0.119 e. The third-order valence-corrected chi connectivity index (χ3v) is 3.19. The summed E-state index contributed by atoms with van der Waals surface area (Å²) in [6, 6.07) is 9.60. The Morgan fingerprint density at radius 1 is 1.32 bits per heavy atom. The van der Waals surface area contributed by atoms with Crippen LogP contribution < -0.4 is 10.1 Å². The van der Waals surface area contributed by atoms with E-state index in [0.717, 1.165) is 41.6 Å². The molecule has 102 valence electrons. The highest BCUT2D eigenvalue weighted by atomic mass is 35.5. The van der Waals surface area contributed by atoms with Crippen LogP contribution in [0, 0.1) is 0 Å². The van der Waals surface area contributed by atoms with E-state index >= 15 is 0 Å². The molecule has 0 aliphatic carbocycles. The molecular formula is C15H18ClNO2. The summed E-state index contributed by atoms with van der Waals surface area (Å²) in [6.07, 6.45) is 2.58. The van der Waals surface area contributed by atoms with E-state index in [9.17, 15) is 0 Å². The summed E-state index contributed by atoms with van der Waals surface area (Å²) in [5.74, 6) is 1.79. The topological polar surface area (TPSA) is 34.4 Å². The van der Waals surface area contributed by atoms with Gasteiger partial charge in [-0.15, -0.1) is 0 Å². The van der Waals surface area contributed by atoms with Crippen LogP contribution in [0.2, 0.25) is 5.02 Å². The van der Waals surface area contributed by atoms with Crippen molar-refractivity contribution in [2.24, 2.45) is 0 Å². The summed E-state index contributed by atoms with van der Waals surface area (Å²) in [4.78, 5) is 0. The molecule has 0 bridgehead atoms. The third kappa shape index (κ3) is 4.30. The monoisotopic (exact) mass is 279 g/mol. The summed E-state index contributed by atoms with van der Waals surface area (Å²) >= 11 is 6.06. The Balaban J connectivity index is 1.70. The molecule has 0 saturated heterocycles. The summed E-state index contributed by atoms with van der Waals surface area (Å²) < 4.78 is 10.9. The number of benzene rings is 1. The molecule has 0 aliphatic rings. The highest BCUT2D eigenvalue weighted by Gasteiger charge is 2.01. The van der Waals surface area contributed by atoms with Gasteiger partial charge in [0.2, 0.25) is 0 Å². The van der Waals surface area contributed by atoms with Crippen molar-refractivity contribution < 1.29 is 9.15 Å². The van der Waals surface area contributed by atoms with Crippen molar-refractivity contribution in [2.45, 2.75) is 19.9 Å². The van der Waals surface area contributed by atoms with Gasteiger partial charge in [-0.2, -0.15) is 0 Å². The fourth-order valence-corrected chi connectivity index (χ4v) is 2.03. The molecule has 0 saturated carbocycles. The Morgan fingerprint density at radius 3 is 2.95 bits per heavy atom. The predicted octanol–water partition coefficient (Wildman–Crippen LogP) is 3.66. The van der Waals surface area contributed by atoms with Gasteiger partial charge in [0.1, 0.15) is 18.1 Å². The van der Waals surface area contributed by atoms with Crippen LogP contribution in [0.25, 0.3) is 0 Å². The standard InChI is InChI=1S/C15H18ClNO2/c1-2-12-10-13(5-6-15(12)16)19-9-7-17-11-14-4-3-8-18-14/h3-6,8,10,17H,2,7,9,11H2,1H3. The molecule has 0 radical (unpaired) electrons. The van der Waals surface area contributed by atoms with E-state index in [4.69, 9.17) is 20.8 Å². The van der Waals surface area contributed by atoms with Crippen LogP contribution in [0.5, 0.6) is 5.75 Å². The van der Waals surface area contributed by atoms with Crippen LogP contribution in [0.1, 0.15) is 18.2 Å². The molecule has 0 atom stereocenters. The van der Waals surface area contributed by atoms with Crippen molar-refractivity contribution in [2.75, 3.05) is 13.2 Å². The van der Waals surface area contributed by atoms with Crippen molar-refractivity contribution in [3.05, 3.63) is 52.9 Å². The van der Waals surface area contributed by atoms with Crippen molar-refractivity contribution in [1.29, 1.82) is 0 Å². The smallest absolute Gasteiger partial charge is 0.119 e. The minimum atomic E-state index is 0.617. The van der Waals surface area contributed by atoms with E-state index in [1.165, 1.54) is 0 Å². The van der Waals surface area contributed by atoms with E-state index in [0.29, 0.717) is 6.61 Å². The number of hydrogen-bond acceptors (Lipinski definition) is 3. The lowest BCUT2D eigenvalue weighted by Gasteiger charge is -2.09. The van der Waals surface area contributed by atoms with Gasteiger partial charge in [-0.25, -0.2) is 0 Å². The van der Waals surface area contributed by atoms with E-state index in [1.807, 2.05) is 30.3 Å². The minimum Gasteiger partial charge on any atom is -0.492 e. The zero-order chi connectivity index (χ0) is 13.5. The SMILES string of the molecule is CCc1cc(OCCNCc2ccco2)ccc1Cl. The van der Waals surface area contributed by atoms with Crippen molar-refractivity contribution in [3.63, 3.8) is 0 Å². The molecule has 1 aromatic heterocycles. The Morgan fingerprint density at radius 2 is 2.21 bits per heavy atom. The Hall–Kier alpha value is -1.45. The molecule has 0 amide bonds. The second-order valence-electron chi connectivity index (χ2n) is 4.21. The van der Waals surface area contributed by atoms with E-state index in [2.05, 4.69) is 12.2 Å². The van der Waals surface area contributed by atoms with E-state index in [1.54, 1.807) is 6.26 Å². The zero-order valence-corrected chi connectivity index (χ0v) is 11.7. The first kappa shape index (κ1) is 14.0. The molecule has 2 rings (SSSR count). The first-order valence-corrected chi connectivity index (χ1v) is 6.81. The lowest BCUT2D eigenvalue weighted by atomic mass is 10.1. The van der Waals surface area contributed by atoms with Crippen LogP contribution >= 0.6 is 11.6 Å². The number of hydrogen-bond donors (Lipinski definition) is 1. The second kappa shape index (κ2) is 7.22. The summed E-state index contributed by atoms with van der Waals surface area (Å²) in [7, 11) is 0. The lowest BCUT2D eigenvalue weighted by molar-refractivity contribution is 0.310. The molecule has 3 nitrogen and oxygen atoms in total. The van der Waals surface area contributed by atoms with Crippen molar-refractivity contribution in [3.8, 4) is 5.75 Å². The van der Waals surface area contributed by atoms with Crippen LogP contribution in [0.15, 0.2) is 41.0 Å². The number of ether oxygens (including phenoxy) is 1. The maximum absolute atomic E-state index is 6.06. The Labute approximate surface area is 118 Å². The molecule has 1 aromatic carbocycles. The molecule has 0 spiro atoms. The van der Waals surface area contributed by atoms with Gasteiger partial charge in [0, 0.05) is 11.6 Å². The number of furan rings is 1. The van der Waals surface area contributed by atoms with Gasteiger partial charge < -0.3 is 14.5 Å². The summed E-state index contributed by atoms with van der Waals surface area (Å²) in [6.45, 7) is 4.18. The van der Waals surface area contributed by atoms with Gasteiger partial charge in [-0.1, -0.05) is 18.5 Å². The summed E-state index contributed by atoms with van der Waals surface area (Å²) in [5.41, 5.74) is 1.11. The maximum atomic E-state index is 6.06. The first-order chi connectivity index (χ1) is 9.29. The highest BCUT2D eigenvalue weighted by Crippen LogP contribution is 2.22.